The van der Waals surface area contributed by atoms with Crippen molar-refractivity contribution in [1.82, 2.24) is 0 Å². The van der Waals surface area contributed by atoms with Crippen molar-refractivity contribution in [3.05, 3.63) is 34.9 Å². The summed E-state index contributed by atoms with van der Waals surface area (Å²) < 4.78 is 67.6. The lowest BCUT2D eigenvalue weighted by atomic mass is 9.32. The topological polar surface area (TPSA) is 433 Å². The number of carboxylic acid groups (broad SMARTS) is 1. The maximum atomic E-state index is 13.5. The van der Waals surface area contributed by atoms with E-state index >= 15 is 0 Å². The highest BCUT2D eigenvalue weighted by atomic mass is 16.8. The maximum absolute atomic E-state index is 13.5. The van der Waals surface area contributed by atoms with Gasteiger partial charge in [0.1, 0.15) is 79.4 Å². The van der Waals surface area contributed by atoms with Crippen LogP contribution >= 0.6 is 0 Å². The van der Waals surface area contributed by atoms with Crippen molar-refractivity contribution < 1.29 is 138 Å². The minimum absolute atomic E-state index is 0.170. The van der Waals surface area contributed by atoms with E-state index in [4.69, 9.17) is 52.1 Å². The largest absolute Gasteiger partial charge is 0.479 e. The van der Waals surface area contributed by atoms with Gasteiger partial charge in [-0.1, -0.05) is 72.3 Å². The van der Waals surface area contributed by atoms with Crippen LogP contribution in [-0.2, 0) is 71.3 Å². The zero-order valence-corrected chi connectivity index (χ0v) is 55.1. The zero-order chi connectivity index (χ0) is 68.9. The lowest BCUT2D eigenvalue weighted by molar-refractivity contribution is -0.386. The number of esters is 3. The number of hydrogen-bond acceptors (Lipinski definition) is 27. The van der Waals surface area contributed by atoms with Gasteiger partial charge in [0.2, 0.25) is 0 Å². The Bertz CT molecular complexity index is 2820. The Kier molecular flexibility index (Phi) is 21.5. The van der Waals surface area contributed by atoms with Gasteiger partial charge in [-0.25, -0.2) is 14.4 Å². The number of rotatable bonds is 17. The van der Waals surface area contributed by atoms with E-state index in [1.165, 1.54) is 32.9 Å². The second-order valence-corrected chi connectivity index (χ2v) is 29.4. The quantitative estimate of drug-likeness (QED) is 0.0292. The van der Waals surface area contributed by atoms with E-state index in [1.807, 2.05) is 34.6 Å². The van der Waals surface area contributed by atoms with Crippen LogP contribution in [0.5, 0.6) is 0 Å². The number of allylic oxidation sites excluding steroid dienone is 3. The zero-order valence-electron chi connectivity index (χ0n) is 55.1. The highest BCUT2D eigenvalue weighted by molar-refractivity contribution is 5.88. The van der Waals surface area contributed by atoms with Crippen molar-refractivity contribution in [2.75, 3.05) is 19.8 Å². The van der Waals surface area contributed by atoms with E-state index in [0.717, 1.165) is 5.57 Å². The van der Waals surface area contributed by atoms with Gasteiger partial charge < -0.3 is 118 Å². The highest BCUT2D eigenvalue weighted by Gasteiger charge is 2.76. The molecule has 7 unspecified atom stereocenters. The molecule has 9 rings (SSSR count). The van der Waals surface area contributed by atoms with Crippen LogP contribution in [0.15, 0.2) is 34.9 Å². The van der Waals surface area contributed by atoms with E-state index in [0.29, 0.717) is 25.7 Å². The van der Waals surface area contributed by atoms with E-state index in [-0.39, 0.29) is 35.8 Å². The minimum atomic E-state index is -2.16. The number of carboxylic acids is 1. The van der Waals surface area contributed by atoms with Crippen LogP contribution < -0.4 is 0 Å². The summed E-state index contributed by atoms with van der Waals surface area (Å²) in [5.41, 5.74) is -5.17. The molecule has 0 radical (unpaired) electrons. The fourth-order valence-corrected chi connectivity index (χ4v) is 18.0. The van der Waals surface area contributed by atoms with Gasteiger partial charge >= 0.3 is 23.9 Å². The molecule has 0 aromatic heterocycles. The number of aliphatic hydroxyl groups is 12. The van der Waals surface area contributed by atoms with Crippen LogP contribution in [0.4, 0.5) is 0 Å². The fraction of sp³-hybridized carbons (Fsp3) is 0.846. The van der Waals surface area contributed by atoms with Gasteiger partial charge in [-0.2, -0.15) is 0 Å². The molecule has 0 aromatic carbocycles. The summed E-state index contributed by atoms with van der Waals surface area (Å²) in [6.07, 6.45) is -32.8. The first-order valence-electron chi connectivity index (χ1n) is 32.4. The Morgan fingerprint density at radius 2 is 1.13 bits per heavy atom. The molecule has 0 amide bonds. The minimum Gasteiger partial charge on any atom is -0.479 e. The summed E-state index contributed by atoms with van der Waals surface area (Å²) in [6.45, 7) is 20.5. The molecule has 9 aliphatic rings. The molecule has 0 spiro atoms. The van der Waals surface area contributed by atoms with Crippen molar-refractivity contribution in [3.8, 4) is 0 Å². The SMILES string of the molecule is C/C=C(/C)C(=O)O[C@@H]1[C@@H](OC(=O)/C(C)=C\C)[C@@H](O)C(O[C@H]2[C@H](OC(C)=O)[C@@]3(CO)C(CC2(C)C)C2=CCC4[C@@]5(C)CCC(O[C@@H]6O[C@H](C(=O)O)[C@@H](O)[C@H](OC7O[C@@H](CO)[C@H](O)[C@H]7O)[C@H]6OC6O[C@H](CO)[C@H](O)[C@H](O)[C@H]6O)C(C)(C)C5CC[C@@]4(C)[C@]2(C)[C@@H](O)[C@H]3O)O[C@H]1C. The molecule has 93 heavy (non-hydrogen) atoms. The molecule has 28 nitrogen and oxygen atoms in total. The molecular weight excluding hydrogens is 1230 g/mol. The van der Waals surface area contributed by atoms with Crippen molar-refractivity contribution >= 4 is 23.9 Å². The molecule has 4 saturated carbocycles. The highest BCUT2D eigenvalue weighted by Crippen LogP contribution is 2.76. The monoisotopic (exact) mass is 1330 g/mol. The summed E-state index contributed by atoms with van der Waals surface area (Å²) in [5.74, 6) is -5.25. The van der Waals surface area contributed by atoms with E-state index in [1.54, 1.807) is 20.8 Å². The summed E-state index contributed by atoms with van der Waals surface area (Å²) in [5, 5.41) is 147. The van der Waals surface area contributed by atoms with Crippen LogP contribution in [0, 0.1) is 50.2 Å². The van der Waals surface area contributed by atoms with Crippen molar-refractivity contribution in [2.24, 2.45) is 50.2 Å². The van der Waals surface area contributed by atoms with Gasteiger partial charge in [0.15, 0.2) is 43.5 Å². The molecule has 13 N–H and O–H groups in total. The van der Waals surface area contributed by atoms with E-state index in [9.17, 15) is 85.6 Å². The Labute approximate surface area is 540 Å². The van der Waals surface area contributed by atoms with E-state index in [2.05, 4.69) is 19.9 Å². The molecule has 4 aliphatic heterocycles. The van der Waals surface area contributed by atoms with Gasteiger partial charge in [0.05, 0.1) is 49.7 Å². The van der Waals surface area contributed by atoms with Crippen molar-refractivity contribution in [2.45, 2.75) is 276 Å². The van der Waals surface area contributed by atoms with E-state index < -0.39 is 229 Å². The molecule has 4 heterocycles. The number of ether oxygens (including phenoxy) is 11. The smallest absolute Gasteiger partial charge is 0.335 e. The lowest BCUT2D eigenvalue weighted by Gasteiger charge is -2.73. The average molecular weight is 1330 g/mol. The number of carbonyl (C=O) groups is 4. The van der Waals surface area contributed by atoms with Crippen molar-refractivity contribution in [1.29, 1.82) is 0 Å². The number of hydrogen-bond donors (Lipinski definition) is 13. The molecule has 5 aliphatic carbocycles. The standard InChI is InChI=1S/C65H100O28/c1-14-26(3)54(81)88-44-28(5)83-58(43(76)46(44)89-55(82)27(4)15-2)93-51-52(84-29(6)69)65(25-68)31(22-60(51,7)8)30-16-17-35-62(11)20-19-36(61(9,10)34(62)18-21-63(35,12)64(30,13)49(77)50(65)78)87-59-48(92-57-41(74)39(72)37(70)32(23-66)85-57)45(42(75)47(91-59)53(79)80)90-56-40(73)38(71)33(24-67)86-56/h14-16,28,31-52,56-59,66-68,70-78H,17-25H2,1-13H3,(H,79,80)/b26-14-,27-15-/t28-,31?,32+,33-,34?,35?,36?,37-,38-,39-,40+,41+,42-,43+,44-,45-,46-,47-,48+,49-,50+,51-,52-,56?,57?,58?,59+,62-,63+,64-,65-/m0/s1. The van der Waals surface area contributed by atoms with Gasteiger partial charge in [-0.15, -0.1) is 0 Å². The lowest BCUT2D eigenvalue weighted by Crippen LogP contribution is -2.77. The third-order valence-electron chi connectivity index (χ3n) is 23.7. The van der Waals surface area contributed by atoms with Gasteiger partial charge in [-0.05, 0) is 113 Å². The first-order chi connectivity index (χ1) is 43.4. The van der Waals surface area contributed by atoms with Crippen LogP contribution in [0.1, 0.15) is 129 Å². The van der Waals surface area contributed by atoms with Crippen LogP contribution in [0.2, 0.25) is 0 Å². The molecule has 0 bridgehead atoms. The molecule has 4 saturated heterocycles. The molecule has 31 atom stereocenters. The van der Waals surface area contributed by atoms with Crippen molar-refractivity contribution in [3.63, 3.8) is 0 Å². The first kappa shape index (κ1) is 73.5. The maximum Gasteiger partial charge on any atom is 0.335 e. The van der Waals surface area contributed by atoms with Gasteiger partial charge in [-0.3, -0.25) is 4.79 Å². The molecular formula is C65H100O28. The average Bonchev–Trinajstić information content (AvgIpc) is 0.856. The number of fused-ring (bicyclic) bond motifs is 7. The molecule has 0 aromatic rings. The predicted octanol–water partition coefficient (Wildman–Crippen LogP) is -0.315. The summed E-state index contributed by atoms with van der Waals surface area (Å²) in [4.78, 5) is 53.1. The van der Waals surface area contributed by atoms with Gasteiger partial charge in [0, 0.05) is 23.5 Å². The second kappa shape index (κ2) is 27.2. The first-order valence-corrected chi connectivity index (χ1v) is 32.4. The van der Waals surface area contributed by atoms with Crippen LogP contribution in [0.3, 0.4) is 0 Å². The normalized spacial score (nSPS) is 48.8. The summed E-state index contributed by atoms with van der Waals surface area (Å²) in [7, 11) is 0. The number of aliphatic carboxylic acids is 1. The molecule has 528 valence electrons. The predicted molar refractivity (Wildman–Crippen MR) is 318 cm³/mol. The summed E-state index contributed by atoms with van der Waals surface area (Å²) in [6, 6.07) is 0. The number of carbonyl (C=O) groups excluding carboxylic acids is 3. The Morgan fingerprint density at radius 3 is 1.68 bits per heavy atom. The third-order valence-corrected chi connectivity index (χ3v) is 23.7. The Hall–Kier alpha value is -3.70. The van der Waals surface area contributed by atoms with Crippen LogP contribution in [0.25, 0.3) is 0 Å². The Balaban J connectivity index is 1.03. The third kappa shape index (κ3) is 12.2. The second-order valence-electron chi connectivity index (χ2n) is 29.4. The van der Waals surface area contributed by atoms with Gasteiger partial charge in [0.25, 0.3) is 0 Å². The Morgan fingerprint density at radius 1 is 0.581 bits per heavy atom. The molecule has 8 fully saturated rings. The molecule has 28 heteroatoms. The fourth-order valence-electron chi connectivity index (χ4n) is 18.0. The van der Waals surface area contributed by atoms with Crippen LogP contribution in [-0.4, -0.2) is 257 Å². The summed E-state index contributed by atoms with van der Waals surface area (Å²) >= 11 is 0. The number of aliphatic hydroxyl groups excluding tert-OH is 12.